The second kappa shape index (κ2) is 7.05. The van der Waals surface area contributed by atoms with Crippen LogP contribution >= 0.6 is 0 Å². The molecule has 4 atom stereocenters. The molecule has 2 rings (SSSR count). The van der Waals surface area contributed by atoms with Gasteiger partial charge in [0.2, 0.25) is 0 Å². The van der Waals surface area contributed by atoms with Gasteiger partial charge in [0.25, 0.3) is 0 Å². The van der Waals surface area contributed by atoms with Crippen LogP contribution in [0.5, 0.6) is 0 Å². The number of allylic oxidation sites excluding steroid dienone is 1. The summed E-state index contributed by atoms with van der Waals surface area (Å²) >= 11 is 0. The number of halogens is 1. The van der Waals surface area contributed by atoms with E-state index in [2.05, 4.69) is 58.7 Å². The van der Waals surface area contributed by atoms with Gasteiger partial charge in [-0.3, -0.25) is 10.2 Å². The van der Waals surface area contributed by atoms with Crippen molar-refractivity contribution in [3.63, 3.8) is 0 Å². The van der Waals surface area contributed by atoms with Crippen LogP contribution in [0.1, 0.15) is 74.1 Å². The van der Waals surface area contributed by atoms with Gasteiger partial charge in [0.05, 0.1) is 0 Å². The van der Waals surface area contributed by atoms with Gasteiger partial charge in [-0.2, -0.15) is 0 Å². The van der Waals surface area contributed by atoms with Crippen LogP contribution in [0.2, 0.25) is 0 Å². The van der Waals surface area contributed by atoms with Crippen LogP contribution in [0.3, 0.4) is 0 Å². The molecule has 0 saturated carbocycles. The summed E-state index contributed by atoms with van der Waals surface area (Å²) in [6, 6.07) is 0.954. The fourth-order valence-corrected chi connectivity index (χ4v) is 4.61. The Balaban J connectivity index is 2.05. The van der Waals surface area contributed by atoms with E-state index in [4.69, 9.17) is 0 Å². The summed E-state index contributed by atoms with van der Waals surface area (Å²) in [6.07, 6.45) is 2.28. The minimum absolute atomic E-state index is 0.113. The normalized spacial score (nSPS) is 31.1. The van der Waals surface area contributed by atoms with Crippen molar-refractivity contribution in [1.29, 1.82) is 0 Å². The molecule has 0 aromatic carbocycles. The summed E-state index contributed by atoms with van der Waals surface area (Å²) in [7, 11) is 0. The van der Waals surface area contributed by atoms with Crippen molar-refractivity contribution in [2.75, 3.05) is 6.54 Å². The number of aliphatic hydroxyl groups is 1. The van der Waals surface area contributed by atoms with Gasteiger partial charge in [0.1, 0.15) is 12.1 Å². The first kappa shape index (κ1) is 19.9. The first-order valence-electron chi connectivity index (χ1n) is 9.50. The lowest BCUT2D eigenvalue weighted by Crippen LogP contribution is -2.53. The van der Waals surface area contributed by atoms with Gasteiger partial charge in [-0.25, -0.2) is 4.39 Å². The molecule has 0 bridgehead atoms. The third-order valence-electron chi connectivity index (χ3n) is 5.85. The zero-order chi connectivity index (χ0) is 18.3. The van der Waals surface area contributed by atoms with E-state index in [-0.39, 0.29) is 16.8 Å². The Morgan fingerprint density at radius 2 is 1.83 bits per heavy atom. The van der Waals surface area contributed by atoms with E-state index in [1.54, 1.807) is 0 Å². The molecule has 4 heteroatoms. The molecule has 1 fully saturated rings. The van der Waals surface area contributed by atoms with E-state index < -0.39 is 6.23 Å². The van der Waals surface area contributed by atoms with Gasteiger partial charge in [-0.1, -0.05) is 20.8 Å². The molecule has 24 heavy (non-hydrogen) atoms. The van der Waals surface area contributed by atoms with Crippen molar-refractivity contribution < 1.29 is 9.50 Å². The molecule has 0 spiro atoms. The fraction of sp³-hybridized carbons (Fsp3) is 0.900. The van der Waals surface area contributed by atoms with Gasteiger partial charge in [-0.05, 0) is 64.7 Å². The number of hydrogen-bond donors (Lipinski definition) is 2. The maximum Gasteiger partial charge on any atom is 0.129 e. The first-order chi connectivity index (χ1) is 10.9. The lowest BCUT2D eigenvalue weighted by atomic mass is 9.82. The molecule has 2 N–H and O–H groups in total. The Hall–Kier alpha value is -0.450. The third kappa shape index (κ3) is 4.20. The van der Waals surface area contributed by atoms with Crippen LogP contribution in [-0.4, -0.2) is 40.4 Å². The molecule has 2 aliphatic rings. The fourth-order valence-electron chi connectivity index (χ4n) is 4.61. The van der Waals surface area contributed by atoms with Crippen LogP contribution in [0.25, 0.3) is 0 Å². The molecule has 2 unspecified atom stereocenters. The second-order valence-electron chi connectivity index (χ2n) is 9.79. The Bertz CT molecular complexity index is 475. The Morgan fingerprint density at radius 3 is 2.25 bits per heavy atom. The third-order valence-corrected chi connectivity index (χ3v) is 5.85. The van der Waals surface area contributed by atoms with E-state index in [1.807, 2.05) is 0 Å². The molecular weight excluding hydrogens is 303 g/mol. The summed E-state index contributed by atoms with van der Waals surface area (Å²) in [5.41, 5.74) is 0.903. The molecule has 0 aromatic heterocycles. The standard InChI is InChI=1S/C20H37FN2O/c1-13-14(12-22-18(24)15-9-8-10-16(15)21)11-17(19(2,3)4)23(13)20(5,6)7/h13-14,17-18,22,24H,8-12H2,1-7H3/t13-,14-,17?,18?/m1/s1. The van der Waals surface area contributed by atoms with Crippen LogP contribution in [0, 0.1) is 11.3 Å². The molecular formula is C20H37FN2O. The first-order valence-corrected chi connectivity index (χ1v) is 9.50. The van der Waals surface area contributed by atoms with Crippen molar-refractivity contribution in [2.45, 2.75) is 98.0 Å². The average Bonchev–Trinajstić information content (AvgIpc) is 2.98. The van der Waals surface area contributed by atoms with Gasteiger partial charge < -0.3 is 5.11 Å². The van der Waals surface area contributed by atoms with Crippen molar-refractivity contribution >= 4 is 0 Å². The highest BCUT2D eigenvalue weighted by Gasteiger charge is 2.47. The number of nitrogens with one attached hydrogen (secondary N) is 1. The SMILES string of the molecule is C[C@@H]1[C@@H](CNC(O)C2=C(F)CCC2)CC(C(C)(C)C)N1C(C)(C)C. The highest BCUT2D eigenvalue weighted by Crippen LogP contribution is 2.43. The van der Waals surface area contributed by atoms with E-state index in [0.717, 1.165) is 19.4 Å². The van der Waals surface area contributed by atoms with Crippen molar-refractivity contribution in [3.8, 4) is 0 Å². The highest BCUT2D eigenvalue weighted by molar-refractivity contribution is 5.17. The number of rotatable bonds is 4. The van der Waals surface area contributed by atoms with Crippen LogP contribution in [-0.2, 0) is 0 Å². The second-order valence-corrected chi connectivity index (χ2v) is 9.79. The quantitative estimate of drug-likeness (QED) is 0.752. The van der Waals surface area contributed by atoms with Gasteiger partial charge in [0.15, 0.2) is 0 Å². The number of nitrogens with zero attached hydrogens (tertiary/aromatic N) is 1. The minimum atomic E-state index is -0.823. The number of likely N-dealkylation sites (tertiary alicyclic amines) is 1. The summed E-state index contributed by atoms with van der Waals surface area (Å²) in [5, 5.41) is 13.5. The Labute approximate surface area is 147 Å². The number of aliphatic hydroxyl groups excluding tert-OH is 1. The minimum Gasteiger partial charge on any atom is -0.375 e. The highest BCUT2D eigenvalue weighted by atomic mass is 19.1. The lowest BCUT2D eigenvalue weighted by Gasteiger charge is -2.45. The predicted molar refractivity (Wildman–Crippen MR) is 98.4 cm³/mol. The molecule has 3 nitrogen and oxygen atoms in total. The smallest absolute Gasteiger partial charge is 0.129 e. The number of hydrogen-bond acceptors (Lipinski definition) is 3. The molecule has 1 saturated heterocycles. The van der Waals surface area contributed by atoms with E-state index in [1.165, 1.54) is 0 Å². The topological polar surface area (TPSA) is 35.5 Å². The summed E-state index contributed by atoms with van der Waals surface area (Å²) in [4.78, 5) is 2.64. The van der Waals surface area contributed by atoms with Gasteiger partial charge in [0, 0.05) is 29.7 Å². The van der Waals surface area contributed by atoms with E-state index >= 15 is 0 Å². The molecule has 0 amide bonds. The molecule has 140 valence electrons. The van der Waals surface area contributed by atoms with Crippen LogP contribution < -0.4 is 5.32 Å². The monoisotopic (exact) mass is 340 g/mol. The predicted octanol–water partition coefficient (Wildman–Crippen LogP) is 4.23. The van der Waals surface area contributed by atoms with Gasteiger partial charge in [-0.15, -0.1) is 0 Å². The van der Waals surface area contributed by atoms with E-state index in [9.17, 15) is 9.50 Å². The van der Waals surface area contributed by atoms with Gasteiger partial charge >= 0.3 is 0 Å². The molecule has 0 aromatic rings. The lowest BCUT2D eigenvalue weighted by molar-refractivity contribution is 0.0272. The summed E-state index contributed by atoms with van der Waals surface area (Å²) in [6.45, 7) is 16.8. The Kier molecular flexibility index (Phi) is 5.83. The average molecular weight is 341 g/mol. The molecule has 1 aliphatic heterocycles. The zero-order valence-corrected chi connectivity index (χ0v) is 16.6. The zero-order valence-electron chi connectivity index (χ0n) is 16.6. The van der Waals surface area contributed by atoms with Crippen LogP contribution in [0.4, 0.5) is 4.39 Å². The Morgan fingerprint density at radius 1 is 1.21 bits per heavy atom. The van der Waals surface area contributed by atoms with Crippen LogP contribution in [0.15, 0.2) is 11.4 Å². The van der Waals surface area contributed by atoms with Crippen molar-refractivity contribution in [3.05, 3.63) is 11.4 Å². The maximum absolute atomic E-state index is 13.7. The molecule has 1 aliphatic carbocycles. The summed E-state index contributed by atoms with van der Waals surface area (Å²) < 4.78 is 13.7. The molecule has 1 heterocycles. The maximum atomic E-state index is 13.7. The van der Waals surface area contributed by atoms with Crippen molar-refractivity contribution in [1.82, 2.24) is 10.2 Å². The van der Waals surface area contributed by atoms with Crippen molar-refractivity contribution in [2.24, 2.45) is 11.3 Å². The largest absolute Gasteiger partial charge is 0.375 e. The van der Waals surface area contributed by atoms with E-state index in [0.29, 0.717) is 36.4 Å². The summed E-state index contributed by atoms with van der Waals surface area (Å²) in [5.74, 6) is 0.353. The molecule has 0 radical (unpaired) electrons.